The number of alkyl halides is 1. The van der Waals surface area contributed by atoms with Gasteiger partial charge in [-0.1, -0.05) is 0 Å². The maximum atomic E-state index is 12.9. The van der Waals surface area contributed by atoms with E-state index < -0.39 is 18.4 Å². The molecule has 0 bridgehead atoms. The van der Waals surface area contributed by atoms with Crippen LogP contribution in [0.3, 0.4) is 0 Å². The van der Waals surface area contributed by atoms with Crippen molar-refractivity contribution >= 4 is 5.97 Å². The van der Waals surface area contributed by atoms with E-state index in [0.29, 0.717) is 0 Å². The summed E-state index contributed by atoms with van der Waals surface area (Å²) in [6, 6.07) is 0. The SMILES string of the molecule is CCOC(=O)C(F)(CO)OC. The van der Waals surface area contributed by atoms with Gasteiger partial charge in [-0.2, -0.15) is 4.39 Å². The quantitative estimate of drug-likeness (QED) is 0.590. The molecule has 0 saturated carbocycles. The van der Waals surface area contributed by atoms with Crippen molar-refractivity contribution in [2.75, 3.05) is 20.3 Å². The molecule has 1 N–H and O–H groups in total. The molecule has 11 heavy (non-hydrogen) atoms. The van der Waals surface area contributed by atoms with Gasteiger partial charge in [0.15, 0.2) is 0 Å². The molecule has 5 heteroatoms. The van der Waals surface area contributed by atoms with Gasteiger partial charge in [0.2, 0.25) is 0 Å². The number of carbonyl (C=O) groups excluding carboxylic acids is 1. The van der Waals surface area contributed by atoms with Crippen molar-refractivity contribution in [3.05, 3.63) is 0 Å². The van der Waals surface area contributed by atoms with Crippen LogP contribution in [0.15, 0.2) is 0 Å². The first-order valence-electron chi connectivity index (χ1n) is 3.13. The predicted octanol–water partition coefficient (Wildman–Crippen LogP) is -0.146. The minimum atomic E-state index is -2.71. The molecule has 0 radical (unpaired) electrons. The second-order valence-corrected chi connectivity index (χ2v) is 1.81. The van der Waals surface area contributed by atoms with E-state index in [0.717, 1.165) is 7.11 Å². The Bertz CT molecular complexity index is 133. The molecule has 0 aromatic rings. The van der Waals surface area contributed by atoms with Gasteiger partial charge in [0, 0.05) is 7.11 Å². The lowest BCUT2D eigenvalue weighted by Crippen LogP contribution is -2.41. The monoisotopic (exact) mass is 166 g/mol. The van der Waals surface area contributed by atoms with E-state index in [2.05, 4.69) is 9.47 Å². The molecule has 0 rings (SSSR count). The van der Waals surface area contributed by atoms with Crippen LogP contribution >= 0.6 is 0 Å². The Labute approximate surface area is 63.9 Å². The molecule has 66 valence electrons. The average molecular weight is 166 g/mol. The number of aliphatic hydroxyl groups excluding tert-OH is 1. The zero-order chi connectivity index (χ0) is 8.91. The normalized spacial score (nSPS) is 15.6. The van der Waals surface area contributed by atoms with Crippen molar-refractivity contribution in [2.24, 2.45) is 0 Å². The molecule has 0 aliphatic rings. The van der Waals surface area contributed by atoms with E-state index in [-0.39, 0.29) is 6.61 Å². The molecule has 1 unspecified atom stereocenters. The van der Waals surface area contributed by atoms with Gasteiger partial charge in [0.25, 0.3) is 0 Å². The Balaban J connectivity index is 4.12. The topological polar surface area (TPSA) is 55.8 Å². The number of carbonyl (C=O) groups is 1. The highest BCUT2D eigenvalue weighted by Crippen LogP contribution is 2.12. The number of hydrogen-bond acceptors (Lipinski definition) is 4. The van der Waals surface area contributed by atoms with E-state index in [4.69, 9.17) is 5.11 Å². The summed E-state index contributed by atoms with van der Waals surface area (Å²) in [5.74, 6) is -3.92. The van der Waals surface area contributed by atoms with Crippen LogP contribution in [0.4, 0.5) is 4.39 Å². The van der Waals surface area contributed by atoms with Crippen LogP contribution in [-0.2, 0) is 14.3 Å². The number of hydrogen-bond donors (Lipinski definition) is 1. The van der Waals surface area contributed by atoms with Crippen LogP contribution < -0.4 is 0 Å². The Morgan fingerprint density at radius 2 is 2.27 bits per heavy atom. The summed E-state index contributed by atoms with van der Waals surface area (Å²) >= 11 is 0. The Morgan fingerprint density at radius 3 is 2.55 bits per heavy atom. The maximum absolute atomic E-state index is 12.9. The van der Waals surface area contributed by atoms with Gasteiger partial charge in [-0.25, -0.2) is 4.79 Å². The predicted molar refractivity (Wildman–Crippen MR) is 34.6 cm³/mol. The molecule has 0 heterocycles. The maximum Gasteiger partial charge on any atom is 0.374 e. The molecule has 0 spiro atoms. The van der Waals surface area contributed by atoms with Crippen molar-refractivity contribution in [3.8, 4) is 0 Å². The smallest absolute Gasteiger partial charge is 0.374 e. The average Bonchev–Trinajstić information content (AvgIpc) is 2.03. The second kappa shape index (κ2) is 4.25. The number of ether oxygens (including phenoxy) is 2. The zero-order valence-corrected chi connectivity index (χ0v) is 6.46. The summed E-state index contributed by atoms with van der Waals surface area (Å²) in [5, 5.41) is 8.38. The summed E-state index contributed by atoms with van der Waals surface area (Å²) in [6.45, 7) is 0.543. The minimum Gasteiger partial charge on any atom is -0.462 e. The first kappa shape index (κ1) is 10.3. The van der Waals surface area contributed by atoms with Crippen molar-refractivity contribution in [2.45, 2.75) is 12.8 Å². The fourth-order valence-corrected chi connectivity index (χ4v) is 0.451. The van der Waals surface area contributed by atoms with Crippen LogP contribution in [-0.4, -0.2) is 37.3 Å². The number of aliphatic hydroxyl groups is 1. The van der Waals surface area contributed by atoms with Gasteiger partial charge >= 0.3 is 11.8 Å². The summed E-state index contributed by atoms with van der Waals surface area (Å²) < 4.78 is 21.3. The minimum absolute atomic E-state index is 0.0495. The highest BCUT2D eigenvalue weighted by molar-refractivity contribution is 5.77. The summed E-state index contributed by atoms with van der Waals surface area (Å²) in [4.78, 5) is 10.6. The lowest BCUT2D eigenvalue weighted by atomic mass is 10.3. The lowest BCUT2D eigenvalue weighted by molar-refractivity contribution is -0.202. The van der Waals surface area contributed by atoms with Crippen LogP contribution in [0, 0.1) is 0 Å². The van der Waals surface area contributed by atoms with E-state index in [1.54, 1.807) is 0 Å². The number of methoxy groups -OCH3 is 1. The van der Waals surface area contributed by atoms with Crippen LogP contribution in [0.25, 0.3) is 0 Å². The number of esters is 1. The van der Waals surface area contributed by atoms with Gasteiger partial charge in [0.1, 0.15) is 6.61 Å². The molecule has 1 atom stereocenters. The Morgan fingerprint density at radius 1 is 1.73 bits per heavy atom. The van der Waals surface area contributed by atoms with Gasteiger partial charge in [-0.05, 0) is 6.92 Å². The molecule has 4 nitrogen and oxygen atoms in total. The molecule has 0 aliphatic carbocycles. The Kier molecular flexibility index (Phi) is 3.99. The largest absolute Gasteiger partial charge is 0.462 e. The molecule has 0 saturated heterocycles. The van der Waals surface area contributed by atoms with Crippen LogP contribution in [0.1, 0.15) is 6.92 Å². The fraction of sp³-hybridized carbons (Fsp3) is 0.833. The van der Waals surface area contributed by atoms with Crippen molar-refractivity contribution < 1.29 is 23.8 Å². The van der Waals surface area contributed by atoms with Crippen molar-refractivity contribution in [1.29, 1.82) is 0 Å². The van der Waals surface area contributed by atoms with E-state index in [1.807, 2.05) is 0 Å². The third-order valence-electron chi connectivity index (χ3n) is 1.11. The third kappa shape index (κ3) is 2.44. The summed E-state index contributed by atoms with van der Waals surface area (Å²) in [5.41, 5.74) is 0. The van der Waals surface area contributed by atoms with Gasteiger partial charge < -0.3 is 14.6 Å². The fourth-order valence-electron chi connectivity index (χ4n) is 0.451. The first-order chi connectivity index (χ1) is 5.10. The molecular weight excluding hydrogens is 155 g/mol. The first-order valence-corrected chi connectivity index (χ1v) is 3.13. The van der Waals surface area contributed by atoms with Crippen molar-refractivity contribution in [1.82, 2.24) is 0 Å². The molecule has 0 aliphatic heterocycles. The second-order valence-electron chi connectivity index (χ2n) is 1.81. The molecular formula is C6H11FO4. The van der Waals surface area contributed by atoms with Crippen molar-refractivity contribution in [3.63, 3.8) is 0 Å². The standard InChI is InChI=1S/C6H11FO4/c1-3-11-5(9)6(7,4-8)10-2/h8H,3-4H2,1-2H3. The number of rotatable bonds is 4. The van der Waals surface area contributed by atoms with Crippen LogP contribution in [0.5, 0.6) is 0 Å². The molecule has 0 amide bonds. The van der Waals surface area contributed by atoms with Gasteiger partial charge in [0.05, 0.1) is 6.61 Å². The van der Waals surface area contributed by atoms with E-state index >= 15 is 0 Å². The van der Waals surface area contributed by atoms with Gasteiger partial charge in [-0.3, -0.25) is 0 Å². The highest BCUT2D eigenvalue weighted by atomic mass is 19.2. The van der Waals surface area contributed by atoms with Crippen LogP contribution in [0.2, 0.25) is 0 Å². The molecule has 0 fully saturated rings. The van der Waals surface area contributed by atoms with E-state index in [9.17, 15) is 9.18 Å². The Hall–Kier alpha value is -0.680. The molecule has 0 aromatic heterocycles. The zero-order valence-electron chi connectivity index (χ0n) is 6.46. The van der Waals surface area contributed by atoms with Gasteiger partial charge in [-0.15, -0.1) is 0 Å². The molecule has 0 aromatic carbocycles. The highest BCUT2D eigenvalue weighted by Gasteiger charge is 2.39. The lowest BCUT2D eigenvalue weighted by Gasteiger charge is -2.17. The number of halogens is 1. The van der Waals surface area contributed by atoms with E-state index in [1.165, 1.54) is 6.92 Å². The summed E-state index contributed by atoms with van der Waals surface area (Å²) in [6.07, 6.45) is 0. The summed E-state index contributed by atoms with van der Waals surface area (Å²) in [7, 11) is 0.979. The third-order valence-corrected chi connectivity index (χ3v) is 1.11.